The smallest absolute Gasteiger partial charge is 1.00 e. The largest absolute Gasteiger partial charge is 1.00 e. The van der Waals surface area contributed by atoms with Crippen molar-refractivity contribution in [1.82, 2.24) is 0 Å². The van der Waals surface area contributed by atoms with Gasteiger partial charge < -0.3 is 31.6 Å². The molecule has 0 aromatic carbocycles. The van der Waals surface area contributed by atoms with Crippen LogP contribution in [0.25, 0.3) is 0 Å². The van der Waals surface area contributed by atoms with Crippen molar-refractivity contribution < 1.29 is 104 Å². The minimum atomic E-state index is -4.00. The maximum Gasteiger partial charge on any atom is 1.00 e. The summed E-state index contributed by atoms with van der Waals surface area (Å²) in [6, 6.07) is -0.188. The molecule has 0 saturated heterocycles. The Balaban J connectivity index is -0.000000301. The topological polar surface area (TPSA) is 157 Å². The zero-order valence-electron chi connectivity index (χ0n) is 15.0. The Bertz CT molecular complexity index is 272. The molecule has 0 aromatic rings. The number of rotatable bonds is 12. The average molecular weight is 397 g/mol. The minimum Gasteiger partial charge on any atom is -1.00 e. The van der Waals surface area contributed by atoms with E-state index >= 15 is 0 Å². The Morgan fingerprint density at radius 2 is 1.05 bits per heavy atom. The molecule has 6 N–H and O–H groups in total. The van der Waals surface area contributed by atoms with Crippen LogP contribution in [0.1, 0.15) is 28.5 Å². The zero-order valence-corrected chi connectivity index (χ0v) is 19.9. The summed E-state index contributed by atoms with van der Waals surface area (Å²) in [6.07, 6.45) is 1.51. The van der Waals surface area contributed by atoms with Crippen molar-refractivity contribution in [3.63, 3.8) is 0 Å². The van der Waals surface area contributed by atoms with E-state index in [1.807, 2.05) is 0 Å². The van der Waals surface area contributed by atoms with E-state index in [4.69, 9.17) is 37.8 Å². The first-order chi connectivity index (χ1) is 9.10. The Morgan fingerprint density at radius 3 is 1.32 bits per heavy atom. The second-order valence-electron chi connectivity index (χ2n) is 4.35. The summed E-state index contributed by atoms with van der Waals surface area (Å²) in [4.78, 5) is 52.4. The van der Waals surface area contributed by atoms with Gasteiger partial charge in [0.25, 0.3) is 0 Å². The maximum absolute atomic E-state index is 11.2. The van der Waals surface area contributed by atoms with Crippen molar-refractivity contribution in [3.05, 3.63) is 0 Å². The molecule has 0 bridgehead atoms. The van der Waals surface area contributed by atoms with Gasteiger partial charge in [-0.15, -0.1) is 9.05 Å². The van der Waals surface area contributed by atoms with Crippen molar-refractivity contribution in [1.29, 1.82) is 0 Å². The van der Waals surface area contributed by atoms with Crippen LogP contribution in [0.4, 0.5) is 0 Å². The summed E-state index contributed by atoms with van der Waals surface area (Å²) < 4.78 is 20.8. The van der Waals surface area contributed by atoms with Gasteiger partial charge >= 0.3 is 85.0 Å². The molecule has 0 aliphatic heterocycles. The fraction of sp³-hybridized carbons (Fsp3) is 1.00. The van der Waals surface area contributed by atoms with Crippen LogP contribution >= 0.6 is 8.25 Å². The van der Waals surface area contributed by atoms with E-state index in [0.29, 0.717) is 25.7 Å². The third kappa shape index (κ3) is 24.5. The molecular weight excluding hydrogens is 373 g/mol. The van der Waals surface area contributed by atoms with Gasteiger partial charge in [0.05, 0.1) is 0 Å². The van der Waals surface area contributed by atoms with Gasteiger partial charge in [-0.25, -0.2) is 0 Å². The number of hydrogen-bond acceptors (Lipinski definition) is 9. The zero-order chi connectivity index (χ0) is 15.6. The van der Waals surface area contributed by atoms with E-state index in [-0.39, 0.29) is 87.3 Å². The molecule has 0 saturated carbocycles. The monoisotopic (exact) mass is 397 g/mol. The molecule has 0 amide bonds. The molecule has 9 nitrogen and oxygen atoms in total. The molecule has 0 aromatic heterocycles. The quantitative estimate of drug-likeness (QED) is 0.107. The van der Waals surface area contributed by atoms with Crippen LogP contribution < -0.4 is 59.1 Å². The van der Waals surface area contributed by atoms with Crippen molar-refractivity contribution >= 4 is 25.9 Å². The van der Waals surface area contributed by atoms with Crippen LogP contribution in [0, 0.1) is 0 Å². The normalized spacial score (nSPS) is 11.5. The fourth-order valence-corrected chi connectivity index (χ4v) is 3.32. The Hall–Kier alpha value is 2.21. The van der Waals surface area contributed by atoms with Crippen LogP contribution in [-0.2, 0) is 13.6 Å². The summed E-state index contributed by atoms with van der Waals surface area (Å²) in [6.45, 7) is 0.221. The van der Waals surface area contributed by atoms with Gasteiger partial charge in [0.2, 0.25) is 0 Å². The summed E-state index contributed by atoms with van der Waals surface area (Å²) in [5.41, 5.74) is 0. The number of unbranched alkanes of at least 4 members (excludes halogenated alkanes) is 2. The SMILES string of the molecule is O=[P+](OCCCC[Si](O)(O)O)OCCCC[Si](O)(O)O.[H-].[H-].[Na+].[Na+]. The third-order valence-corrected chi connectivity index (χ3v) is 5.04. The van der Waals surface area contributed by atoms with Crippen molar-refractivity contribution in [2.75, 3.05) is 13.2 Å². The van der Waals surface area contributed by atoms with E-state index < -0.39 is 25.9 Å². The first-order valence-corrected chi connectivity index (χ1v) is 11.4. The first kappa shape index (κ1) is 29.0. The van der Waals surface area contributed by atoms with E-state index in [1.54, 1.807) is 0 Å². The Morgan fingerprint density at radius 1 is 0.727 bits per heavy atom. The predicted molar refractivity (Wildman–Crippen MR) is 74.6 cm³/mol. The van der Waals surface area contributed by atoms with E-state index in [0.717, 1.165) is 0 Å². The molecule has 0 unspecified atom stereocenters. The second-order valence-corrected chi connectivity index (χ2v) is 9.41. The molecule has 0 rings (SSSR count). The molecule has 0 aliphatic carbocycles. The standard InChI is InChI=1S/C8H22O9PSi2.2Na.2H/c9-18(16-5-1-3-7-19(10,11)12)17-6-2-4-8-20(13,14)15;;;;/h10-15H,1-8H2;;;;/q3*+1;2*-1. The molecular formula is C8H24Na2O9PSi2+. The maximum atomic E-state index is 11.2. The van der Waals surface area contributed by atoms with Gasteiger partial charge in [-0.05, 0) is 25.7 Å². The van der Waals surface area contributed by atoms with Gasteiger partial charge in [-0.2, -0.15) is 0 Å². The van der Waals surface area contributed by atoms with E-state index in [1.165, 1.54) is 0 Å². The summed E-state index contributed by atoms with van der Waals surface area (Å²) in [5, 5.41) is 0. The third-order valence-electron chi connectivity index (χ3n) is 2.21. The molecule has 0 spiro atoms. The molecule has 0 atom stereocenters. The van der Waals surface area contributed by atoms with Crippen LogP contribution in [0.2, 0.25) is 12.1 Å². The van der Waals surface area contributed by atoms with Crippen molar-refractivity contribution in [2.24, 2.45) is 0 Å². The first-order valence-electron chi connectivity index (χ1n) is 6.17. The Kier molecular flexibility index (Phi) is 20.4. The van der Waals surface area contributed by atoms with Gasteiger partial charge in [0.15, 0.2) is 0 Å². The van der Waals surface area contributed by atoms with Crippen LogP contribution in [0.5, 0.6) is 0 Å². The van der Waals surface area contributed by atoms with Crippen molar-refractivity contribution in [2.45, 2.75) is 37.8 Å². The Labute approximate surface area is 179 Å². The molecule has 22 heavy (non-hydrogen) atoms. The molecule has 0 radical (unpaired) electrons. The summed E-state index contributed by atoms with van der Waals surface area (Å²) in [7, 11) is -10.3. The average Bonchev–Trinajstić information content (AvgIpc) is 2.25. The molecule has 14 heteroatoms. The van der Waals surface area contributed by atoms with Gasteiger partial charge in [-0.3, -0.25) is 0 Å². The minimum absolute atomic E-state index is 0. The molecule has 0 heterocycles. The van der Waals surface area contributed by atoms with Crippen LogP contribution in [0.15, 0.2) is 0 Å². The van der Waals surface area contributed by atoms with Gasteiger partial charge in [0, 0.05) is 16.7 Å². The van der Waals surface area contributed by atoms with Gasteiger partial charge in [0.1, 0.15) is 13.2 Å². The second kappa shape index (κ2) is 15.5. The van der Waals surface area contributed by atoms with E-state index in [9.17, 15) is 4.57 Å². The summed E-state index contributed by atoms with van der Waals surface area (Å²) in [5.74, 6) is 0. The number of hydrogen-bond donors (Lipinski definition) is 6. The molecule has 0 fully saturated rings. The molecule has 124 valence electrons. The fourth-order valence-electron chi connectivity index (χ4n) is 1.24. The van der Waals surface area contributed by atoms with E-state index in [2.05, 4.69) is 0 Å². The van der Waals surface area contributed by atoms with Crippen LogP contribution in [-0.4, -0.2) is 59.6 Å². The van der Waals surface area contributed by atoms with Gasteiger partial charge in [-0.1, -0.05) is 0 Å². The molecule has 0 aliphatic rings. The van der Waals surface area contributed by atoms with Crippen LogP contribution in [0.3, 0.4) is 0 Å². The van der Waals surface area contributed by atoms with Crippen molar-refractivity contribution in [3.8, 4) is 0 Å². The predicted octanol–water partition coefficient (Wildman–Crippen LogP) is -6.70. The summed E-state index contributed by atoms with van der Waals surface area (Å²) >= 11 is 0.